The second-order valence-corrected chi connectivity index (χ2v) is 5.38. The van der Waals surface area contributed by atoms with Crippen molar-refractivity contribution < 1.29 is 19.1 Å². The summed E-state index contributed by atoms with van der Waals surface area (Å²) in [6.07, 6.45) is -0.618. The van der Waals surface area contributed by atoms with Gasteiger partial charge in [-0.1, -0.05) is 31.2 Å². The summed E-state index contributed by atoms with van der Waals surface area (Å²) < 4.78 is 5.64. The van der Waals surface area contributed by atoms with E-state index >= 15 is 0 Å². The Morgan fingerprint density at radius 3 is 2.42 bits per heavy atom. The Bertz CT molecular complexity index is 817. The van der Waals surface area contributed by atoms with Crippen LogP contribution in [0.25, 0.3) is 0 Å². The van der Waals surface area contributed by atoms with Gasteiger partial charge < -0.3 is 10.5 Å². The highest BCUT2D eigenvalue weighted by molar-refractivity contribution is 6.31. The summed E-state index contributed by atoms with van der Waals surface area (Å²) in [5.74, 6) is -1.56. The maximum absolute atomic E-state index is 12.7. The first-order chi connectivity index (χ1) is 11.5. The number of nitrogens with zero attached hydrogens (tertiary/aromatic N) is 1. The maximum Gasteiger partial charge on any atom is 0.277 e. The maximum atomic E-state index is 12.7. The standard InChI is InChI=1S/C18H16N2O4/c1-2-14(24-11-7-4-3-5-8-11)17(22)20-16(21)12-9-6-10-13(19)15(12)18(20)23/h3-10,14H,2,19H2,1H3/t14-/m1/s1. The van der Waals surface area contributed by atoms with E-state index in [-0.39, 0.29) is 16.8 Å². The Hall–Kier alpha value is -3.15. The van der Waals surface area contributed by atoms with Crippen molar-refractivity contribution in [3.63, 3.8) is 0 Å². The molecule has 1 atom stereocenters. The van der Waals surface area contributed by atoms with Crippen LogP contribution < -0.4 is 10.5 Å². The minimum absolute atomic E-state index is 0.0745. The van der Waals surface area contributed by atoms with Gasteiger partial charge in [0.05, 0.1) is 11.1 Å². The predicted molar refractivity (Wildman–Crippen MR) is 87.5 cm³/mol. The van der Waals surface area contributed by atoms with E-state index < -0.39 is 23.8 Å². The molecule has 0 aromatic heterocycles. The van der Waals surface area contributed by atoms with Crippen molar-refractivity contribution in [3.05, 3.63) is 59.7 Å². The lowest BCUT2D eigenvalue weighted by molar-refractivity contribution is -0.133. The fraction of sp³-hybridized carbons (Fsp3) is 0.167. The molecule has 2 N–H and O–H groups in total. The quantitative estimate of drug-likeness (QED) is 0.688. The third kappa shape index (κ3) is 2.52. The average molecular weight is 324 g/mol. The van der Waals surface area contributed by atoms with Crippen LogP contribution >= 0.6 is 0 Å². The summed E-state index contributed by atoms with van der Waals surface area (Å²) in [6.45, 7) is 1.75. The van der Waals surface area contributed by atoms with Gasteiger partial charge in [-0.2, -0.15) is 0 Å². The second-order valence-electron chi connectivity index (χ2n) is 5.38. The molecule has 1 aliphatic heterocycles. The smallest absolute Gasteiger partial charge is 0.277 e. The summed E-state index contributed by atoms with van der Waals surface area (Å²) in [6, 6.07) is 13.4. The lowest BCUT2D eigenvalue weighted by Crippen LogP contribution is -2.44. The highest BCUT2D eigenvalue weighted by atomic mass is 16.5. The molecule has 6 nitrogen and oxygen atoms in total. The van der Waals surface area contributed by atoms with Gasteiger partial charge in [-0.05, 0) is 30.7 Å². The molecular formula is C18H16N2O4. The number of hydrogen-bond donors (Lipinski definition) is 1. The van der Waals surface area contributed by atoms with Crippen LogP contribution in [0.1, 0.15) is 34.1 Å². The van der Waals surface area contributed by atoms with Crippen LogP contribution in [-0.2, 0) is 4.79 Å². The van der Waals surface area contributed by atoms with Crippen LogP contribution in [0.2, 0.25) is 0 Å². The van der Waals surface area contributed by atoms with E-state index in [2.05, 4.69) is 0 Å². The zero-order chi connectivity index (χ0) is 17.3. The third-order valence-corrected chi connectivity index (χ3v) is 3.84. The van der Waals surface area contributed by atoms with E-state index in [1.54, 1.807) is 37.3 Å². The van der Waals surface area contributed by atoms with E-state index in [1.807, 2.05) is 6.07 Å². The van der Waals surface area contributed by atoms with E-state index in [4.69, 9.17) is 10.5 Å². The topological polar surface area (TPSA) is 89.7 Å². The van der Waals surface area contributed by atoms with Gasteiger partial charge in [0.15, 0.2) is 6.10 Å². The number of carbonyl (C=O) groups excluding carboxylic acids is 3. The van der Waals surface area contributed by atoms with Crippen molar-refractivity contribution in [1.82, 2.24) is 4.90 Å². The molecule has 0 radical (unpaired) electrons. The second kappa shape index (κ2) is 6.16. The normalized spacial score (nSPS) is 14.5. The number of nitrogens with two attached hydrogens (primary N) is 1. The molecular weight excluding hydrogens is 308 g/mol. The highest BCUT2D eigenvalue weighted by Gasteiger charge is 2.43. The number of benzene rings is 2. The number of amides is 3. The molecule has 1 aliphatic rings. The first kappa shape index (κ1) is 15.7. The lowest BCUT2D eigenvalue weighted by atomic mass is 10.1. The molecule has 2 aromatic rings. The van der Waals surface area contributed by atoms with Crippen molar-refractivity contribution in [1.29, 1.82) is 0 Å². The number of rotatable bonds is 4. The Morgan fingerprint density at radius 1 is 1.08 bits per heavy atom. The monoisotopic (exact) mass is 324 g/mol. The molecule has 0 spiro atoms. The van der Waals surface area contributed by atoms with Crippen LogP contribution in [0, 0.1) is 0 Å². The Labute approximate surface area is 138 Å². The summed E-state index contributed by atoms with van der Waals surface area (Å²) in [5, 5.41) is 0. The van der Waals surface area contributed by atoms with Gasteiger partial charge >= 0.3 is 0 Å². The Kier molecular flexibility index (Phi) is 4.04. The summed E-state index contributed by atoms with van der Waals surface area (Å²) >= 11 is 0. The van der Waals surface area contributed by atoms with Crippen molar-refractivity contribution >= 4 is 23.4 Å². The van der Waals surface area contributed by atoms with Crippen LogP contribution in [0.4, 0.5) is 5.69 Å². The number of imide groups is 3. The van der Waals surface area contributed by atoms with Gasteiger partial charge in [-0.15, -0.1) is 0 Å². The molecule has 1 heterocycles. The summed E-state index contributed by atoms with van der Waals surface area (Å²) in [7, 11) is 0. The van der Waals surface area contributed by atoms with Crippen LogP contribution in [0.5, 0.6) is 5.75 Å². The summed E-state index contributed by atoms with van der Waals surface area (Å²) in [5.41, 5.74) is 6.17. The number of para-hydroxylation sites is 1. The molecule has 3 rings (SSSR count). The molecule has 0 saturated carbocycles. The minimum Gasteiger partial charge on any atom is -0.481 e. The number of carbonyl (C=O) groups is 3. The van der Waals surface area contributed by atoms with Gasteiger partial charge in [-0.25, -0.2) is 4.90 Å². The van der Waals surface area contributed by atoms with E-state index in [1.165, 1.54) is 12.1 Å². The molecule has 0 bridgehead atoms. The van der Waals surface area contributed by atoms with Crippen molar-refractivity contribution in [2.45, 2.75) is 19.4 Å². The molecule has 0 aliphatic carbocycles. The van der Waals surface area contributed by atoms with Gasteiger partial charge in [0, 0.05) is 5.69 Å². The van der Waals surface area contributed by atoms with Crippen LogP contribution in [0.3, 0.4) is 0 Å². The van der Waals surface area contributed by atoms with Crippen molar-refractivity contribution in [3.8, 4) is 5.75 Å². The number of fused-ring (bicyclic) bond motifs is 1. The lowest BCUT2D eigenvalue weighted by Gasteiger charge is -2.20. The molecule has 24 heavy (non-hydrogen) atoms. The third-order valence-electron chi connectivity index (χ3n) is 3.84. The molecule has 3 amide bonds. The Balaban J connectivity index is 1.88. The zero-order valence-electron chi connectivity index (χ0n) is 13.1. The summed E-state index contributed by atoms with van der Waals surface area (Å²) in [4.78, 5) is 38.3. The van der Waals surface area contributed by atoms with Crippen molar-refractivity contribution in [2.24, 2.45) is 0 Å². The van der Waals surface area contributed by atoms with Gasteiger partial charge in [0.2, 0.25) is 0 Å². The van der Waals surface area contributed by atoms with E-state index in [0.29, 0.717) is 17.1 Å². The number of hydrogen-bond acceptors (Lipinski definition) is 5. The highest BCUT2D eigenvalue weighted by Crippen LogP contribution is 2.28. The minimum atomic E-state index is -0.934. The molecule has 122 valence electrons. The van der Waals surface area contributed by atoms with E-state index in [0.717, 1.165) is 0 Å². The van der Waals surface area contributed by atoms with Gasteiger partial charge in [0.1, 0.15) is 5.75 Å². The molecule has 2 aromatic carbocycles. The molecule has 0 unspecified atom stereocenters. The zero-order valence-corrected chi connectivity index (χ0v) is 13.1. The van der Waals surface area contributed by atoms with Crippen molar-refractivity contribution in [2.75, 3.05) is 5.73 Å². The fourth-order valence-corrected chi connectivity index (χ4v) is 2.63. The van der Waals surface area contributed by atoms with Gasteiger partial charge in [0.25, 0.3) is 17.7 Å². The molecule has 6 heteroatoms. The van der Waals surface area contributed by atoms with E-state index in [9.17, 15) is 14.4 Å². The number of nitrogen functional groups attached to an aromatic ring is 1. The Morgan fingerprint density at radius 2 is 1.79 bits per heavy atom. The molecule has 0 saturated heterocycles. The predicted octanol–water partition coefficient (Wildman–Crippen LogP) is 2.25. The van der Waals surface area contributed by atoms with Crippen LogP contribution in [-0.4, -0.2) is 28.7 Å². The largest absolute Gasteiger partial charge is 0.481 e. The number of anilines is 1. The molecule has 0 fully saturated rings. The fourth-order valence-electron chi connectivity index (χ4n) is 2.63. The first-order valence-corrected chi connectivity index (χ1v) is 7.57. The first-order valence-electron chi connectivity index (χ1n) is 7.57. The average Bonchev–Trinajstić information content (AvgIpc) is 2.85. The van der Waals surface area contributed by atoms with Crippen LogP contribution in [0.15, 0.2) is 48.5 Å². The number of ether oxygens (including phenoxy) is 1. The SMILES string of the molecule is CC[C@@H](Oc1ccccc1)C(=O)N1C(=O)c2cccc(N)c2C1=O. The van der Waals surface area contributed by atoms with Gasteiger partial charge in [-0.3, -0.25) is 14.4 Å².